The second-order valence-electron chi connectivity index (χ2n) is 6.86. The number of carbonyl (C=O) groups excluding carboxylic acids is 2. The summed E-state index contributed by atoms with van der Waals surface area (Å²) >= 11 is 0. The number of fused-ring (bicyclic) bond motifs is 5. The summed E-state index contributed by atoms with van der Waals surface area (Å²) in [5.74, 6) is -0.603. The van der Waals surface area contributed by atoms with Crippen LogP contribution in [0.2, 0.25) is 0 Å². The van der Waals surface area contributed by atoms with Gasteiger partial charge < -0.3 is 15.0 Å². The second kappa shape index (κ2) is 6.15. The van der Waals surface area contributed by atoms with Gasteiger partial charge in [0.15, 0.2) is 5.78 Å². The molecule has 2 N–H and O–H groups in total. The molecule has 1 aliphatic carbocycles. The molecule has 0 spiro atoms. The molecule has 25 heavy (non-hydrogen) atoms. The van der Waals surface area contributed by atoms with Gasteiger partial charge in [-0.15, -0.1) is 0 Å². The molecule has 1 aromatic carbocycles. The zero-order valence-electron chi connectivity index (χ0n) is 14.5. The van der Waals surface area contributed by atoms with Crippen LogP contribution in [0.15, 0.2) is 35.9 Å². The minimum Gasteiger partial charge on any atom is -0.469 e. The maximum Gasteiger partial charge on any atom is 0.310 e. The van der Waals surface area contributed by atoms with E-state index >= 15 is 0 Å². The maximum atomic E-state index is 13.0. The quantitative estimate of drug-likeness (QED) is 0.619. The molecule has 4 rings (SSSR count). The number of benzene rings is 1. The number of esters is 1. The lowest BCUT2D eigenvalue weighted by Crippen LogP contribution is -2.53. The zero-order valence-corrected chi connectivity index (χ0v) is 14.5. The van der Waals surface area contributed by atoms with Crippen molar-refractivity contribution in [2.24, 2.45) is 11.8 Å². The van der Waals surface area contributed by atoms with Crippen molar-refractivity contribution in [2.45, 2.75) is 25.8 Å². The molecule has 3 atom stereocenters. The molecule has 5 nitrogen and oxygen atoms in total. The summed E-state index contributed by atoms with van der Waals surface area (Å²) in [6, 6.07) is 7.92. The SMILES string of the molecule is C/C=C1/CN[C@H]2Cc3c([nH]c4ccccc34)C(=O)C[C@@H]1C2C(=O)OC. The van der Waals surface area contributed by atoms with Gasteiger partial charge in [0.25, 0.3) is 0 Å². The van der Waals surface area contributed by atoms with E-state index in [-0.39, 0.29) is 29.6 Å². The Hall–Kier alpha value is -2.40. The highest BCUT2D eigenvalue weighted by Crippen LogP contribution is 2.38. The molecule has 2 aromatic rings. The summed E-state index contributed by atoms with van der Waals surface area (Å²) in [7, 11) is 1.42. The van der Waals surface area contributed by atoms with Gasteiger partial charge in [-0.2, -0.15) is 0 Å². The van der Waals surface area contributed by atoms with E-state index < -0.39 is 0 Å². The molecule has 2 bridgehead atoms. The molecule has 0 amide bonds. The van der Waals surface area contributed by atoms with Crippen molar-refractivity contribution in [3.05, 3.63) is 47.2 Å². The van der Waals surface area contributed by atoms with Crippen LogP contribution in [0.4, 0.5) is 0 Å². The van der Waals surface area contributed by atoms with Gasteiger partial charge in [-0.05, 0) is 25.0 Å². The Bertz CT molecular complexity index is 880. The Labute approximate surface area is 146 Å². The molecule has 130 valence electrons. The lowest BCUT2D eigenvalue weighted by Gasteiger charge is -2.40. The van der Waals surface area contributed by atoms with Gasteiger partial charge >= 0.3 is 5.97 Å². The van der Waals surface area contributed by atoms with Crippen molar-refractivity contribution in [1.29, 1.82) is 0 Å². The largest absolute Gasteiger partial charge is 0.469 e. The predicted molar refractivity (Wildman–Crippen MR) is 95.5 cm³/mol. The van der Waals surface area contributed by atoms with E-state index in [1.165, 1.54) is 7.11 Å². The topological polar surface area (TPSA) is 71.2 Å². The van der Waals surface area contributed by atoms with Crippen LogP contribution in [0, 0.1) is 11.8 Å². The van der Waals surface area contributed by atoms with Crippen LogP contribution in [-0.4, -0.2) is 36.4 Å². The van der Waals surface area contributed by atoms with Crippen molar-refractivity contribution in [1.82, 2.24) is 10.3 Å². The Morgan fingerprint density at radius 3 is 2.84 bits per heavy atom. The number of H-pyrrole nitrogens is 1. The van der Waals surface area contributed by atoms with Crippen molar-refractivity contribution in [3.63, 3.8) is 0 Å². The molecule has 1 fully saturated rings. The highest BCUT2D eigenvalue weighted by atomic mass is 16.5. The predicted octanol–water partition coefficient (Wildman–Crippen LogP) is 2.62. The zero-order chi connectivity index (χ0) is 17.6. The number of aromatic nitrogens is 1. The molecule has 2 aliphatic rings. The summed E-state index contributed by atoms with van der Waals surface area (Å²) < 4.78 is 5.08. The van der Waals surface area contributed by atoms with Gasteiger partial charge in [0.05, 0.1) is 18.7 Å². The first-order valence-electron chi connectivity index (χ1n) is 8.73. The number of hydrogen-bond donors (Lipinski definition) is 2. The molecular formula is C20H22N2O3. The van der Waals surface area contributed by atoms with Gasteiger partial charge in [0, 0.05) is 35.8 Å². The first kappa shape index (κ1) is 16.1. The van der Waals surface area contributed by atoms with E-state index in [9.17, 15) is 9.59 Å². The number of hydrogen-bond acceptors (Lipinski definition) is 4. The third kappa shape index (κ3) is 2.50. The van der Waals surface area contributed by atoms with Crippen LogP contribution in [0.5, 0.6) is 0 Å². The first-order valence-corrected chi connectivity index (χ1v) is 8.73. The normalized spacial score (nSPS) is 27.7. The number of ketones is 1. The third-order valence-corrected chi connectivity index (χ3v) is 5.68. The summed E-state index contributed by atoms with van der Waals surface area (Å²) in [4.78, 5) is 28.8. The number of methoxy groups -OCH3 is 1. The van der Waals surface area contributed by atoms with Gasteiger partial charge in [0.2, 0.25) is 0 Å². The number of rotatable bonds is 1. The number of ether oxygens (including phenoxy) is 1. The molecule has 2 heterocycles. The van der Waals surface area contributed by atoms with E-state index in [0.717, 1.165) is 22.0 Å². The van der Waals surface area contributed by atoms with E-state index in [0.29, 0.717) is 25.1 Å². The van der Waals surface area contributed by atoms with Crippen LogP contribution in [0.3, 0.4) is 0 Å². The summed E-state index contributed by atoms with van der Waals surface area (Å²) in [6.45, 7) is 2.67. The standard InChI is InChI=1S/C20H22N2O3/c1-3-11-10-21-16-8-14-12-6-4-5-7-15(12)22-19(14)17(23)9-13(11)18(16)20(24)25-2/h3-7,13,16,18,21-22H,8-10H2,1-2H3/b11-3-/t13-,16-,18?/m0/s1. The summed E-state index contributed by atoms with van der Waals surface area (Å²) in [6.07, 6.45) is 2.99. The highest BCUT2D eigenvalue weighted by Gasteiger charge is 2.44. The van der Waals surface area contributed by atoms with Crippen LogP contribution >= 0.6 is 0 Å². The first-order chi connectivity index (χ1) is 12.1. The Morgan fingerprint density at radius 1 is 1.28 bits per heavy atom. The molecular weight excluding hydrogens is 316 g/mol. The van der Waals surface area contributed by atoms with E-state index in [1.54, 1.807) is 0 Å². The van der Waals surface area contributed by atoms with Crippen molar-refractivity contribution in [2.75, 3.05) is 13.7 Å². The molecule has 0 saturated carbocycles. The van der Waals surface area contributed by atoms with Gasteiger partial charge in [-0.3, -0.25) is 9.59 Å². The number of carbonyl (C=O) groups is 2. The second-order valence-corrected chi connectivity index (χ2v) is 6.86. The number of para-hydroxylation sites is 1. The number of piperidine rings is 1. The van der Waals surface area contributed by atoms with Crippen molar-refractivity contribution in [3.8, 4) is 0 Å². The van der Waals surface area contributed by atoms with Gasteiger partial charge in [0.1, 0.15) is 0 Å². The monoisotopic (exact) mass is 338 g/mol. The van der Waals surface area contributed by atoms with E-state index in [4.69, 9.17) is 4.74 Å². The van der Waals surface area contributed by atoms with Crippen LogP contribution in [0.25, 0.3) is 10.9 Å². The Kier molecular flexibility index (Phi) is 3.96. The van der Waals surface area contributed by atoms with Gasteiger partial charge in [-0.1, -0.05) is 29.8 Å². The average Bonchev–Trinajstić information content (AvgIpc) is 2.99. The van der Waals surface area contributed by atoms with Crippen LogP contribution < -0.4 is 5.32 Å². The minimum atomic E-state index is -0.337. The minimum absolute atomic E-state index is 0.0350. The lowest BCUT2D eigenvalue weighted by atomic mass is 9.71. The molecule has 5 heteroatoms. The molecule has 1 aromatic heterocycles. The number of nitrogens with one attached hydrogen (secondary N) is 2. The smallest absolute Gasteiger partial charge is 0.310 e. The average molecular weight is 338 g/mol. The molecule has 1 saturated heterocycles. The van der Waals surface area contributed by atoms with Crippen molar-refractivity contribution >= 4 is 22.7 Å². The van der Waals surface area contributed by atoms with E-state index in [2.05, 4.69) is 10.3 Å². The van der Waals surface area contributed by atoms with Crippen molar-refractivity contribution < 1.29 is 14.3 Å². The highest BCUT2D eigenvalue weighted by molar-refractivity contribution is 6.03. The van der Waals surface area contributed by atoms with Crippen LogP contribution in [0.1, 0.15) is 29.4 Å². The Balaban J connectivity index is 1.87. The van der Waals surface area contributed by atoms with Gasteiger partial charge in [-0.25, -0.2) is 0 Å². The maximum absolute atomic E-state index is 13.0. The Morgan fingerprint density at radius 2 is 2.08 bits per heavy atom. The summed E-state index contributed by atoms with van der Waals surface area (Å²) in [5.41, 5.74) is 3.78. The summed E-state index contributed by atoms with van der Waals surface area (Å²) in [5, 5.41) is 4.56. The number of allylic oxidation sites excluding steroid dienone is 1. The lowest BCUT2D eigenvalue weighted by molar-refractivity contribution is -0.148. The fourth-order valence-corrected chi connectivity index (χ4v) is 4.43. The number of aromatic amines is 1. The fourth-order valence-electron chi connectivity index (χ4n) is 4.43. The number of Topliss-reactive ketones (excluding diaryl/α,β-unsaturated/α-hetero) is 1. The third-order valence-electron chi connectivity index (χ3n) is 5.68. The fraction of sp³-hybridized carbons (Fsp3) is 0.400. The van der Waals surface area contributed by atoms with E-state index in [1.807, 2.05) is 37.3 Å². The van der Waals surface area contributed by atoms with Crippen LogP contribution in [-0.2, 0) is 16.0 Å². The molecule has 1 aliphatic heterocycles. The molecule has 1 unspecified atom stereocenters. The molecule has 0 radical (unpaired) electrons.